The number of rotatable bonds is 3. The topological polar surface area (TPSA) is 55.2 Å². The molecule has 3 rings (SSSR count). The monoisotopic (exact) mass is 253 g/mol. The van der Waals surface area contributed by atoms with E-state index < -0.39 is 6.17 Å². The van der Waals surface area contributed by atoms with Gasteiger partial charge in [-0.25, -0.2) is 9.88 Å². The maximum absolute atomic E-state index is 12.3. The molecular weight excluding hydrogens is 242 g/mol. The Bertz CT molecular complexity index is 626. The van der Waals surface area contributed by atoms with Crippen molar-refractivity contribution in [2.24, 2.45) is 0 Å². The van der Waals surface area contributed by atoms with Gasteiger partial charge in [0.2, 0.25) is 0 Å². The smallest absolute Gasteiger partial charge is 0.263 e. The van der Waals surface area contributed by atoms with E-state index in [1.165, 1.54) is 4.90 Å². The molecule has 5 heteroatoms. The van der Waals surface area contributed by atoms with Crippen molar-refractivity contribution in [2.45, 2.75) is 6.17 Å². The van der Waals surface area contributed by atoms with Gasteiger partial charge in [0, 0.05) is 12.4 Å². The van der Waals surface area contributed by atoms with Gasteiger partial charge in [-0.05, 0) is 18.2 Å². The lowest BCUT2D eigenvalue weighted by molar-refractivity contribution is 0.0563. The first-order valence-corrected chi connectivity index (χ1v) is 5.81. The molecule has 1 aromatic carbocycles. The third kappa shape index (κ3) is 1.59. The molecule has 0 radical (unpaired) electrons. The van der Waals surface area contributed by atoms with Crippen molar-refractivity contribution in [3.63, 3.8) is 0 Å². The van der Waals surface area contributed by atoms with Crippen LogP contribution in [0.15, 0.2) is 55.6 Å². The summed E-state index contributed by atoms with van der Waals surface area (Å²) in [5, 5.41) is 0. The van der Waals surface area contributed by atoms with Crippen LogP contribution in [0, 0.1) is 0 Å². The number of amides is 2. The fraction of sp³-hybridized carbons (Fsp3) is 0.0714. The van der Waals surface area contributed by atoms with E-state index in [-0.39, 0.29) is 11.8 Å². The zero-order chi connectivity index (χ0) is 13.4. The van der Waals surface area contributed by atoms with Crippen LogP contribution in [0.2, 0.25) is 0 Å². The molecule has 19 heavy (non-hydrogen) atoms. The number of imide groups is 1. The van der Waals surface area contributed by atoms with E-state index in [1.807, 2.05) is 0 Å². The minimum atomic E-state index is -0.560. The number of imidazole rings is 1. The molecule has 0 bridgehead atoms. The van der Waals surface area contributed by atoms with Crippen LogP contribution < -0.4 is 0 Å². The Labute approximate surface area is 109 Å². The van der Waals surface area contributed by atoms with E-state index in [0.717, 1.165) is 0 Å². The number of nitrogens with zero attached hydrogens (tertiary/aromatic N) is 3. The van der Waals surface area contributed by atoms with E-state index in [2.05, 4.69) is 11.6 Å². The molecule has 0 fully saturated rings. The number of hydrogen-bond acceptors (Lipinski definition) is 3. The number of aromatic nitrogens is 2. The Balaban J connectivity index is 2.06. The standard InChI is InChI=1S/C14H11N3O2/c1-2-12(16-8-7-15-9-16)17-13(18)10-5-3-4-6-11(10)14(17)19/h2-9,12H,1H2. The number of benzene rings is 1. The molecule has 0 saturated heterocycles. The summed E-state index contributed by atoms with van der Waals surface area (Å²) in [6.07, 6.45) is 5.82. The summed E-state index contributed by atoms with van der Waals surface area (Å²) in [6, 6.07) is 6.80. The molecule has 0 aliphatic carbocycles. The number of fused-ring (bicyclic) bond motifs is 1. The van der Waals surface area contributed by atoms with E-state index in [0.29, 0.717) is 11.1 Å². The first-order chi connectivity index (χ1) is 9.24. The lowest BCUT2D eigenvalue weighted by atomic mass is 10.1. The third-order valence-corrected chi connectivity index (χ3v) is 3.13. The van der Waals surface area contributed by atoms with Gasteiger partial charge in [-0.1, -0.05) is 18.7 Å². The van der Waals surface area contributed by atoms with Crippen LogP contribution in [0.5, 0.6) is 0 Å². The first kappa shape index (κ1) is 11.4. The molecule has 5 nitrogen and oxygen atoms in total. The highest BCUT2D eigenvalue weighted by Crippen LogP contribution is 2.28. The summed E-state index contributed by atoms with van der Waals surface area (Å²) in [6.45, 7) is 3.70. The summed E-state index contributed by atoms with van der Waals surface area (Å²) in [4.78, 5) is 29.8. The van der Waals surface area contributed by atoms with Crippen molar-refractivity contribution < 1.29 is 9.59 Å². The van der Waals surface area contributed by atoms with Gasteiger partial charge in [0.15, 0.2) is 0 Å². The van der Waals surface area contributed by atoms with Crippen LogP contribution in [-0.4, -0.2) is 26.3 Å². The fourth-order valence-corrected chi connectivity index (χ4v) is 2.23. The molecular formula is C14H11N3O2. The molecule has 0 spiro atoms. The van der Waals surface area contributed by atoms with Crippen LogP contribution in [0.3, 0.4) is 0 Å². The number of carbonyl (C=O) groups excluding carboxylic acids is 2. The van der Waals surface area contributed by atoms with Gasteiger partial charge >= 0.3 is 0 Å². The Morgan fingerprint density at radius 1 is 1.16 bits per heavy atom. The van der Waals surface area contributed by atoms with Crippen molar-refractivity contribution in [3.05, 3.63) is 66.8 Å². The maximum atomic E-state index is 12.3. The predicted molar refractivity (Wildman–Crippen MR) is 68.4 cm³/mol. The molecule has 1 aromatic heterocycles. The average Bonchev–Trinajstić information content (AvgIpc) is 3.04. The summed E-state index contributed by atoms with van der Waals surface area (Å²) < 4.78 is 1.66. The molecule has 1 aliphatic rings. The second-order valence-corrected chi connectivity index (χ2v) is 4.19. The fourth-order valence-electron chi connectivity index (χ4n) is 2.23. The maximum Gasteiger partial charge on any atom is 0.263 e. The molecule has 94 valence electrons. The van der Waals surface area contributed by atoms with Crippen LogP contribution >= 0.6 is 0 Å². The largest absolute Gasteiger partial charge is 0.312 e. The zero-order valence-electron chi connectivity index (χ0n) is 10.1. The minimum Gasteiger partial charge on any atom is -0.312 e. The summed E-state index contributed by atoms with van der Waals surface area (Å²) in [5.41, 5.74) is 0.860. The highest BCUT2D eigenvalue weighted by atomic mass is 16.2. The van der Waals surface area contributed by atoms with Gasteiger partial charge in [0.1, 0.15) is 6.17 Å². The molecule has 2 heterocycles. The van der Waals surface area contributed by atoms with Crippen molar-refractivity contribution in [3.8, 4) is 0 Å². The SMILES string of the molecule is C=CC(N1C(=O)c2ccccc2C1=O)n1ccnc1. The van der Waals surface area contributed by atoms with Gasteiger partial charge in [-0.2, -0.15) is 0 Å². The van der Waals surface area contributed by atoms with Gasteiger partial charge in [0.05, 0.1) is 17.5 Å². The number of hydrogen-bond donors (Lipinski definition) is 0. The zero-order valence-corrected chi connectivity index (χ0v) is 10.1. The highest BCUT2D eigenvalue weighted by Gasteiger charge is 2.39. The predicted octanol–water partition coefficient (Wildman–Crippen LogP) is 1.86. The quantitative estimate of drug-likeness (QED) is 0.619. The van der Waals surface area contributed by atoms with Crippen molar-refractivity contribution in [2.75, 3.05) is 0 Å². The third-order valence-electron chi connectivity index (χ3n) is 3.13. The summed E-state index contributed by atoms with van der Waals surface area (Å²) in [5.74, 6) is -0.613. The normalized spacial score (nSPS) is 15.5. The molecule has 1 atom stereocenters. The Morgan fingerprint density at radius 3 is 2.26 bits per heavy atom. The van der Waals surface area contributed by atoms with Gasteiger partial charge in [-0.15, -0.1) is 0 Å². The highest BCUT2D eigenvalue weighted by molar-refractivity contribution is 6.21. The molecule has 0 saturated carbocycles. The second kappa shape index (κ2) is 4.20. The molecule has 1 unspecified atom stereocenters. The molecule has 2 amide bonds. The molecule has 2 aromatic rings. The minimum absolute atomic E-state index is 0.306. The van der Waals surface area contributed by atoms with E-state index in [9.17, 15) is 9.59 Å². The number of carbonyl (C=O) groups is 2. The van der Waals surface area contributed by atoms with E-state index in [1.54, 1.807) is 53.6 Å². The van der Waals surface area contributed by atoms with E-state index in [4.69, 9.17) is 0 Å². The Morgan fingerprint density at radius 2 is 1.79 bits per heavy atom. The Kier molecular flexibility index (Phi) is 2.52. The van der Waals surface area contributed by atoms with Crippen LogP contribution in [0.25, 0.3) is 0 Å². The Hall–Kier alpha value is -2.69. The van der Waals surface area contributed by atoms with Crippen LogP contribution in [0.4, 0.5) is 0 Å². The molecule has 0 N–H and O–H groups in total. The van der Waals surface area contributed by atoms with Gasteiger partial charge in [0.25, 0.3) is 11.8 Å². The first-order valence-electron chi connectivity index (χ1n) is 5.81. The van der Waals surface area contributed by atoms with Gasteiger partial charge in [-0.3, -0.25) is 9.59 Å². The van der Waals surface area contributed by atoms with Crippen molar-refractivity contribution in [1.82, 2.24) is 14.5 Å². The lowest BCUT2D eigenvalue weighted by Gasteiger charge is -2.24. The van der Waals surface area contributed by atoms with Gasteiger partial charge < -0.3 is 4.57 Å². The van der Waals surface area contributed by atoms with Crippen molar-refractivity contribution >= 4 is 11.8 Å². The van der Waals surface area contributed by atoms with Crippen molar-refractivity contribution in [1.29, 1.82) is 0 Å². The molecule has 1 aliphatic heterocycles. The second-order valence-electron chi connectivity index (χ2n) is 4.19. The van der Waals surface area contributed by atoms with Crippen LogP contribution in [-0.2, 0) is 0 Å². The van der Waals surface area contributed by atoms with Crippen LogP contribution in [0.1, 0.15) is 26.9 Å². The average molecular weight is 253 g/mol. The summed E-state index contributed by atoms with van der Waals surface area (Å²) in [7, 11) is 0. The van der Waals surface area contributed by atoms with E-state index >= 15 is 0 Å². The lowest BCUT2D eigenvalue weighted by Crippen LogP contribution is -2.35. The summed E-state index contributed by atoms with van der Waals surface area (Å²) >= 11 is 0.